The van der Waals surface area contributed by atoms with Gasteiger partial charge in [-0.25, -0.2) is 4.79 Å². The van der Waals surface area contributed by atoms with Gasteiger partial charge in [-0.05, 0) is 31.0 Å². The number of rotatable bonds is 6. The topological polar surface area (TPSA) is 129 Å². The maximum Gasteiger partial charge on any atom is 0.344 e. The second kappa shape index (κ2) is 8.38. The van der Waals surface area contributed by atoms with Gasteiger partial charge in [-0.2, -0.15) is 5.01 Å². The van der Waals surface area contributed by atoms with E-state index in [1.165, 1.54) is 14.0 Å². The van der Waals surface area contributed by atoms with E-state index in [9.17, 15) is 19.2 Å². The van der Waals surface area contributed by atoms with Crippen molar-refractivity contribution in [2.45, 2.75) is 44.6 Å². The van der Waals surface area contributed by atoms with Crippen LogP contribution >= 0.6 is 0 Å². The van der Waals surface area contributed by atoms with Gasteiger partial charge in [0.15, 0.2) is 0 Å². The number of hydrogen-bond acceptors (Lipinski definition) is 6. The molecule has 1 aromatic rings. The normalized spacial score (nSPS) is 17.7. The highest BCUT2D eigenvalue weighted by Gasteiger charge is 2.52. The predicted octanol–water partition coefficient (Wildman–Crippen LogP) is 1.35. The van der Waals surface area contributed by atoms with Crippen molar-refractivity contribution in [3.05, 3.63) is 18.2 Å². The number of nitrogens with zero attached hydrogens (tertiary/aromatic N) is 1. The van der Waals surface area contributed by atoms with Crippen LogP contribution in [-0.4, -0.2) is 48.0 Å². The minimum absolute atomic E-state index is 0.204. The Hall–Kier alpha value is -3.30. The molecule has 5 amide bonds. The van der Waals surface area contributed by atoms with E-state index in [2.05, 4.69) is 21.4 Å². The third-order valence-electron chi connectivity index (χ3n) is 5.06. The third-order valence-corrected chi connectivity index (χ3v) is 5.06. The van der Waals surface area contributed by atoms with E-state index >= 15 is 0 Å². The Labute approximate surface area is 168 Å². The first kappa shape index (κ1) is 20.4. The minimum Gasteiger partial charge on any atom is -0.495 e. The lowest BCUT2D eigenvalue weighted by Gasteiger charge is -2.30. The van der Waals surface area contributed by atoms with Crippen LogP contribution in [0.3, 0.4) is 0 Å². The van der Waals surface area contributed by atoms with Crippen LogP contribution in [0.25, 0.3) is 0 Å². The number of imide groups is 1. The molecule has 156 valence electrons. The van der Waals surface area contributed by atoms with Gasteiger partial charge in [0.2, 0.25) is 5.91 Å². The Bertz CT molecular complexity index is 834. The number of benzene rings is 1. The molecular weight excluding hydrogens is 378 g/mol. The average Bonchev–Trinajstić information content (AvgIpc) is 2.90. The lowest BCUT2D eigenvalue weighted by molar-refractivity contribution is -0.139. The van der Waals surface area contributed by atoms with Crippen LogP contribution in [0.1, 0.15) is 39.0 Å². The van der Waals surface area contributed by atoms with Gasteiger partial charge in [0, 0.05) is 12.6 Å². The van der Waals surface area contributed by atoms with Crippen LogP contribution in [0.15, 0.2) is 18.2 Å². The molecule has 0 bridgehead atoms. The van der Waals surface area contributed by atoms with Gasteiger partial charge >= 0.3 is 6.03 Å². The van der Waals surface area contributed by atoms with Crippen LogP contribution in [0.4, 0.5) is 16.2 Å². The molecule has 1 spiro atoms. The lowest BCUT2D eigenvalue weighted by Crippen LogP contribution is -2.51. The smallest absolute Gasteiger partial charge is 0.344 e. The molecule has 1 heterocycles. The summed E-state index contributed by atoms with van der Waals surface area (Å²) in [4.78, 5) is 48.5. The predicted molar refractivity (Wildman–Crippen MR) is 105 cm³/mol. The molecule has 29 heavy (non-hydrogen) atoms. The van der Waals surface area contributed by atoms with Gasteiger partial charge in [0.25, 0.3) is 11.8 Å². The first-order chi connectivity index (χ1) is 13.8. The summed E-state index contributed by atoms with van der Waals surface area (Å²) in [5.41, 5.74) is 2.49. The average molecular weight is 403 g/mol. The van der Waals surface area contributed by atoms with Crippen LogP contribution in [0, 0.1) is 0 Å². The summed E-state index contributed by atoms with van der Waals surface area (Å²) in [6.45, 7) is 1.19. The number of methoxy groups -OCH3 is 1. The zero-order chi connectivity index (χ0) is 21.0. The molecule has 1 saturated carbocycles. The highest BCUT2D eigenvalue weighted by Crippen LogP contribution is 2.33. The van der Waals surface area contributed by atoms with Crippen molar-refractivity contribution < 1.29 is 23.9 Å². The molecule has 1 aliphatic carbocycles. The maximum absolute atomic E-state index is 12.7. The second-order valence-electron chi connectivity index (χ2n) is 7.20. The van der Waals surface area contributed by atoms with Crippen molar-refractivity contribution in [2.24, 2.45) is 0 Å². The first-order valence-electron chi connectivity index (χ1n) is 9.50. The van der Waals surface area contributed by atoms with Crippen molar-refractivity contribution in [1.82, 2.24) is 15.8 Å². The standard InChI is InChI=1S/C19H25N5O5/c1-12(25)21-13-6-7-15(29-2)14(10-13)20-11-16(26)23-24-17(27)19(22-18(24)28)8-4-3-5-9-19/h6-7,10,20H,3-5,8-9,11H2,1-2H3,(H,21,25)(H,22,28)(H,23,26). The second-order valence-corrected chi connectivity index (χ2v) is 7.20. The van der Waals surface area contributed by atoms with Crippen LogP contribution in [-0.2, 0) is 14.4 Å². The van der Waals surface area contributed by atoms with Gasteiger partial charge in [-0.1, -0.05) is 19.3 Å². The number of hydrazine groups is 1. The fourth-order valence-electron chi connectivity index (χ4n) is 3.68. The van der Waals surface area contributed by atoms with Crippen molar-refractivity contribution >= 4 is 35.1 Å². The molecule has 4 N–H and O–H groups in total. The molecule has 1 aliphatic heterocycles. The van der Waals surface area contributed by atoms with Gasteiger partial charge < -0.3 is 20.7 Å². The number of amides is 5. The van der Waals surface area contributed by atoms with E-state index in [4.69, 9.17) is 4.74 Å². The molecule has 0 radical (unpaired) electrons. The molecular formula is C19H25N5O5. The molecule has 10 nitrogen and oxygen atoms in total. The lowest BCUT2D eigenvalue weighted by atomic mass is 9.82. The van der Waals surface area contributed by atoms with E-state index in [0.717, 1.165) is 24.3 Å². The summed E-state index contributed by atoms with van der Waals surface area (Å²) >= 11 is 0. The molecule has 0 aromatic heterocycles. The Balaban J connectivity index is 1.62. The highest BCUT2D eigenvalue weighted by atomic mass is 16.5. The fraction of sp³-hybridized carbons (Fsp3) is 0.474. The summed E-state index contributed by atoms with van der Waals surface area (Å²) in [5.74, 6) is -0.730. The van der Waals surface area contributed by atoms with E-state index < -0.39 is 23.4 Å². The summed E-state index contributed by atoms with van der Waals surface area (Å²) in [5, 5.41) is 9.04. The number of anilines is 2. The number of ether oxygens (including phenoxy) is 1. The van der Waals surface area contributed by atoms with Gasteiger partial charge in [-0.3, -0.25) is 19.8 Å². The van der Waals surface area contributed by atoms with Crippen molar-refractivity contribution in [3.8, 4) is 5.75 Å². The number of carbonyl (C=O) groups is 4. The zero-order valence-corrected chi connectivity index (χ0v) is 16.5. The summed E-state index contributed by atoms with van der Waals surface area (Å²) in [6, 6.07) is 4.33. The number of nitrogens with one attached hydrogen (secondary N) is 4. The molecule has 10 heteroatoms. The quantitative estimate of drug-likeness (QED) is 0.531. The fourth-order valence-corrected chi connectivity index (χ4v) is 3.68. The molecule has 2 fully saturated rings. The first-order valence-corrected chi connectivity index (χ1v) is 9.50. The molecule has 0 atom stereocenters. The van der Waals surface area contributed by atoms with Crippen molar-refractivity contribution in [2.75, 3.05) is 24.3 Å². The Morgan fingerprint density at radius 2 is 1.93 bits per heavy atom. The molecule has 2 aliphatic rings. The van der Waals surface area contributed by atoms with E-state index in [1.807, 2.05) is 0 Å². The Kier molecular flexibility index (Phi) is 5.90. The number of urea groups is 1. The molecule has 3 rings (SSSR count). The molecule has 1 saturated heterocycles. The monoisotopic (exact) mass is 403 g/mol. The van der Waals surface area contributed by atoms with E-state index in [0.29, 0.717) is 30.0 Å². The summed E-state index contributed by atoms with van der Waals surface area (Å²) in [6.07, 6.45) is 3.91. The molecule has 0 unspecified atom stereocenters. The summed E-state index contributed by atoms with van der Waals surface area (Å²) in [7, 11) is 1.48. The van der Waals surface area contributed by atoms with Gasteiger partial charge in [0.1, 0.15) is 11.3 Å². The van der Waals surface area contributed by atoms with Crippen molar-refractivity contribution in [1.29, 1.82) is 0 Å². The molecule has 1 aromatic carbocycles. The maximum atomic E-state index is 12.7. The SMILES string of the molecule is COc1ccc(NC(C)=O)cc1NCC(=O)NN1C(=O)NC2(CCCCC2)C1=O. The third kappa shape index (κ3) is 4.41. The minimum atomic E-state index is -0.897. The van der Waals surface area contributed by atoms with Crippen molar-refractivity contribution in [3.63, 3.8) is 0 Å². The largest absolute Gasteiger partial charge is 0.495 e. The number of hydrogen-bond donors (Lipinski definition) is 4. The van der Waals surface area contributed by atoms with Crippen LogP contribution in [0.5, 0.6) is 5.75 Å². The summed E-state index contributed by atoms with van der Waals surface area (Å²) < 4.78 is 5.24. The van der Waals surface area contributed by atoms with E-state index in [-0.39, 0.29) is 12.5 Å². The van der Waals surface area contributed by atoms with Gasteiger partial charge in [0.05, 0.1) is 19.3 Å². The Morgan fingerprint density at radius 1 is 1.21 bits per heavy atom. The highest BCUT2D eigenvalue weighted by molar-refractivity contribution is 6.08. The van der Waals surface area contributed by atoms with Gasteiger partial charge in [-0.15, -0.1) is 0 Å². The van der Waals surface area contributed by atoms with Crippen LogP contribution in [0.2, 0.25) is 0 Å². The zero-order valence-electron chi connectivity index (χ0n) is 16.5. The van der Waals surface area contributed by atoms with E-state index in [1.54, 1.807) is 18.2 Å². The Morgan fingerprint density at radius 3 is 2.59 bits per heavy atom. The van der Waals surface area contributed by atoms with Crippen LogP contribution < -0.4 is 26.1 Å². The number of carbonyl (C=O) groups excluding carboxylic acids is 4.